The molecule has 4 aromatic rings. The maximum absolute atomic E-state index is 14.5. The van der Waals surface area contributed by atoms with Crippen LogP contribution in [0.15, 0.2) is 83.4 Å². The Labute approximate surface area is 224 Å². The summed E-state index contributed by atoms with van der Waals surface area (Å²) >= 11 is 5.99. The highest BCUT2D eigenvalue weighted by Gasteiger charge is 2.34. The molecule has 1 fully saturated rings. The van der Waals surface area contributed by atoms with E-state index in [9.17, 15) is 14.0 Å². The number of likely N-dealkylation sites (tertiary alicyclic amines) is 1. The highest BCUT2D eigenvalue weighted by atomic mass is 35.5. The number of rotatable bonds is 7. The molecule has 1 aliphatic heterocycles. The Morgan fingerprint density at radius 1 is 1.00 bits per heavy atom. The molecule has 1 aromatic heterocycles. The molecule has 194 valence electrons. The van der Waals surface area contributed by atoms with Crippen LogP contribution in [0, 0.1) is 5.82 Å². The summed E-state index contributed by atoms with van der Waals surface area (Å²) in [4.78, 5) is 34.7. The molecule has 1 atom stereocenters. The maximum Gasteiger partial charge on any atom is 0.257 e. The van der Waals surface area contributed by atoms with E-state index in [1.54, 1.807) is 35.2 Å². The summed E-state index contributed by atoms with van der Waals surface area (Å²) in [6.45, 7) is 0.450. The molecule has 3 aromatic carbocycles. The number of hydrogen-bond donors (Lipinski definition) is 0. The number of aromatic nitrogens is 2. The monoisotopic (exact) mass is 532 g/mol. The van der Waals surface area contributed by atoms with E-state index in [0.29, 0.717) is 29.7 Å². The van der Waals surface area contributed by atoms with Gasteiger partial charge in [-0.15, -0.1) is 0 Å². The molecule has 1 unspecified atom stereocenters. The van der Waals surface area contributed by atoms with Crippen LogP contribution in [0.5, 0.6) is 0 Å². The van der Waals surface area contributed by atoms with E-state index >= 15 is 0 Å². The second-order valence-electron chi connectivity index (χ2n) is 9.19. The van der Waals surface area contributed by atoms with E-state index in [1.165, 1.54) is 23.1 Å². The summed E-state index contributed by atoms with van der Waals surface area (Å²) in [7, 11) is 0. The van der Waals surface area contributed by atoms with Gasteiger partial charge in [0.2, 0.25) is 17.6 Å². The second-order valence-corrected chi connectivity index (χ2v) is 9.62. The highest BCUT2D eigenvalue weighted by molar-refractivity contribution is 6.30. The molecular weight excluding hydrogens is 507 g/mol. The van der Waals surface area contributed by atoms with Crippen LogP contribution in [-0.4, -0.2) is 44.8 Å². The average Bonchev–Trinajstić information content (AvgIpc) is 3.44. The Morgan fingerprint density at radius 3 is 2.50 bits per heavy atom. The van der Waals surface area contributed by atoms with Gasteiger partial charge in [0.25, 0.3) is 5.91 Å². The minimum atomic E-state index is -0.626. The van der Waals surface area contributed by atoms with Crippen LogP contribution in [0.4, 0.5) is 4.39 Å². The van der Waals surface area contributed by atoms with E-state index in [-0.39, 0.29) is 24.6 Å². The first-order valence-corrected chi connectivity index (χ1v) is 12.8. The molecule has 1 aliphatic rings. The van der Waals surface area contributed by atoms with Crippen LogP contribution in [0.25, 0.3) is 11.4 Å². The number of hydrogen-bond acceptors (Lipinski definition) is 5. The number of amides is 2. The zero-order chi connectivity index (χ0) is 26.5. The van der Waals surface area contributed by atoms with E-state index in [2.05, 4.69) is 10.1 Å². The lowest BCUT2D eigenvalue weighted by atomic mass is 10.0. The number of piperidine rings is 1. The molecule has 0 spiro atoms. The summed E-state index contributed by atoms with van der Waals surface area (Å²) in [6.07, 6.45) is 2.38. The molecule has 0 bridgehead atoms. The summed E-state index contributed by atoms with van der Waals surface area (Å²) in [5, 5.41) is 4.71. The van der Waals surface area contributed by atoms with Gasteiger partial charge in [-0.05, 0) is 61.2 Å². The molecule has 5 rings (SSSR count). The Balaban J connectivity index is 1.38. The number of nitrogens with zero attached hydrogens (tertiary/aromatic N) is 4. The van der Waals surface area contributed by atoms with Gasteiger partial charge in [0.1, 0.15) is 18.4 Å². The lowest BCUT2D eigenvalue weighted by Crippen LogP contribution is -2.46. The quantitative estimate of drug-likeness (QED) is 0.295. The maximum atomic E-state index is 14.5. The van der Waals surface area contributed by atoms with Gasteiger partial charge in [0.05, 0.1) is 5.56 Å². The fraction of sp³-hybridized carbons (Fsp3) is 0.241. The lowest BCUT2D eigenvalue weighted by Gasteiger charge is -2.35. The standard InChI is InChI=1S/C29H26ClFN4O3/c30-22-15-13-21(14-16-22)27-32-28(38-33-27)25-12-6-7-17-35(25)26(36)19-34(18-20-8-2-1-3-9-20)29(37)23-10-4-5-11-24(23)31/h1-5,8-11,13-16,25H,6-7,12,17-19H2. The third-order valence-corrected chi connectivity index (χ3v) is 6.84. The molecule has 0 N–H and O–H groups in total. The van der Waals surface area contributed by atoms with Crippen molar-refractivity contribution in [2.45, 2.75) is 31.8 Å². The number of carbonyl (C=O) groups is 2. The molecule has 0 radical (unpaired) electrons. The van der Waals surface area contributed by atoms with Crippen molar-refractivity contribution in [3.63, 3.8) is 0 Å². The van der Waals surface area contributed by atoms with Gasteiger partial charge >= 0.3 is 0 Å². The molecule has 0 aliphatic carbocycles. The van der Waals surface area contributed by atoms with E-state index in [0.717, 1.165) is 24.0 Å². The fourth-order valence-electron chi connectivity index (χ4n) is 4.64. The van der Waals surface area contributed by atoms with Crippen LogP contribution in [0.3, 0.4) is 0 Å². The summed E-state index contributed by atoms with van der Waals surface area (Å²) in [6, 6.07) is 21.8. The summed E-state index contributed by atoms with van der Waals surface area (Å²) in [5.41, 5.74) is 1.52. The average molecular weight is 533 g/mol. The van der Waals surface area contributed by atoms with Crippen molar-refractivity contribution in [1.82, 2.24) is 19.9 Å². The molecule has 38 heavy (non-hydrogen) atoms. The van der Waals surface area contributed by atoms with Gasteiger partial charge in [-0.25, -0.2) is 4.39 Å². The molecule has 2 heterocycles. The Kier molecular flexibility index (Phi) is 7.79. The first-order valence-electron chi connectivity index (χ1n) is 12.5. The Hall–Kier alpha value is -4.04. The molecule has 0 saturated carbocycles. The highest BCUT2D eigenvalue weighted by Crippen LogP contribution is 2.32. The third-order valence-electron chi connectivity index (χ3n) is 6.59. The molecule has 9 heteroatoms. The van der Waals surface area contributed by atoms with Crippen LogP contribution >= 0.6 is 11.6 Å². The van der Waals surface area contributed by atoms with E-state index < -0.39 is 17.8 Å². The Bertz CT molecular complexity index is 1410. The first kappa shape index (κ1) is 25.6. The van der Waals surface area contributed by atoms with Crippen LogP contribution < -0.4 is 0 Å². The fourth-order valence-corrected chi connectivity index (χ4v) is 4.76. The van der Waals surface area contributed by atoms with Crippen molar-refractivity contribution in [2.24, 2.45) is 0 Å². The topological polar surface area (TPSA) is 79.5 Å². The van der Waals surface area contributed by atoms with Gasteiger partial charge in [0.15, 0.2) is 0 Å². The number of carbonyl (C=O) groups excluding carboxylic acids is 2. The second kappa shape index (κ2) is 11.6. The predicted octanol–water partition coefficient (Wildman–Crippen LogP) is 5.93. The van der Waals surface area contributed by atoms with Crippen LogP contribution in [0.1, 0.15) is 47.1 Å². The largest absolute Gasteiger partial charge is 0.337 e. The van der Waals surface area contributed by atoms with Gasteiger partial charge < -0.3 is 14.3 Å². The lowest BCUT2D eigenvalue weighted by molar-refractivity contribution is -0.136. The smallest absolute Gasteiger partial charge is 0.257 e. The first-order chi connectivity index (χ1) is 18.5. The van der Waals surface area contributed by atoms with Crippen LogP contribution in [-0.2, 0) is 11.3 Å². The van der Waals surface area contributed by atoms with Crippen LogP contribution in [0.2, 0.25) is 5.02 Å². The molecular formula is C29H26ClFN4O3. The number of halogens is 2. The third kappa shape index (κ3) is 5.75. The van der Waals surface area contributed by atoms with Crippen molar-refractivity contribution in [1.29, 1.82) is 0 Å². The number of benzene rings is 3. The van der Waals surface area contributed by atoms with Crippen molar-refractivity contribution < 1.29 is 18.5 Å². The van der Waals surface area contributed by atoms with Crippen molar-refractivity contribution in [3.8, 4) is 11.4 Å². The predicted molar refractivity (Wildman–Crippen MR) is 141 cm³/mol. The van der Waals surface area contributed by atoms with Crippen molar-refractivity contribution in [3.05, 3.63) is 107 Å². The van der Waals surface area contributed by atoms with E-state index in [1.807, 2.05) is 30.3 Å². The molecule has 7 nitrogen and oxygen atoms in total. The zero-order valence-corrected chi connectivity index (χ0v) is 21.4. The minimum absolute atomic E-state index is 0.0732. The van der Waals surface area contributed by atoms with Crippen molar-refractivity contribution >= 4 is 23.4 Å². The van der Waals surface area contributed by atoms with Gasteiger partial charge in [0, 0.05) is 23.7 Å². The van der Waals surface area contributed by atoms with Gasteiger partial charge in [-0.3, -0.25) is 9.59 Å². The van der Waals surface area contributed by atoms with Gasteiger partial charge in [-0.2, -0.15) is 4.98 Å². The summed E-state index contributed by atoms with van der Waals surface area (Å²) in [5.74, 6) is -0.675. The molecule has 2 amide bonds. The van der Waals surface area contributed by atoms with Gasteiger partial charge in [-0.1, -0.05) is 59.2 Å². The zero-order valence-electron chi connectivity index (χ0n) is 20.6. The SMILES string of the molecule is O=C(c1ccccc1F)N(CC(=O)N1CCCCC1c1nc(-c2ccc(Cl)cc2)no1)Cc1ccccc1. The normalized spacial score (nSPS) is 15.3. The Morgan fingerprint density at radius 2 is 1.74 bits per heavy atom. The summed E-state index contributed by atoms with van der Waals surface area (Å²) < 4.78 is 20.1. The minimum Gasteiger partial charge on any atom is -0.337 e. The molecule has 1 saturated heterocycles. The van der Waals surface area contributed by atoms with Crippen molar-refractivity contribution in [2.75, 3.05) is 13.1 Å². The van der Waals surface area contributed by atoms with E-state index in [4.69, 9.17) is 16.1 Å².